The molecule has 0 radical (unpaired) electrons. The van der Waals surface area contributed by atoms with Gasteiger partial charge in [-0.05, 0) is 18.2 Å². The van der Waals surface area contributed by atoms with Crippen LogP contribution in [-0.2, 0) is 15.1 Å². The summed E-state index contributed by atoms with van der Waals surface area (Å²) >= 11 is 0. The van der Waals surface area contributed by atoms with Crippen molar-refractivity contribution in [1.29, 1.82) is 0 Å². The Morgan fingerprint density at radius 2 is 2.20 bits per heavy atom. The van der Waals surface area contributed by atoms with Crippen molar-refractivity contribution in [2.24, 2.45) is 0 Å². The van der Waals surface area contributed by atoms with Gasteiger partial charge in [-0.25, -0.2) is 14.0 Å². The number of carbonyl (C=O) groups is 3. The number of hydrogen-bond acceptors (Lipinski definition) is 4. The molecule has 2 aliphatic rings. The van der Waals surface area contributed by atoms with Gasteiger partial charge in [0.05, 0.1) is 0 Å². The molecule has 7 nitrogen and oxygen atoms in total. The van der Waals surface area contributed by atoms with E-state index in [0.717, 1.165) is 12.1 Å². The average molecular weight is 280 g/mol. The zero-order valence-electron chi connectivity index (χ0n) is 9.97. The molecule has 2 atom stereocenters. The number of carboxylic acids is 1. The Hall–Kier alpha value is -2.64. The molecule has 1 saturated heterocycles. The second kappa shape index (κ2) is 3.92. The number of amides is 3. The number of benzene rings is 1. The van der Waals surface area contributed by atoms with Crippen LogP contribution in [0.2, 0.25) is 0 Å². The first-order chi connectivity index (χ1) is 9.42. The molecule has 8 heteroatoms. The lowest BCUT2D eigenvalue weighted by molar-refractivity contribution is -0.147. The van der Waals surface area contributed by atoms with E-state index in [1.807, 2.05) is 5.32 Å². The topological polar surface area (TPSA) is 105 Å². The van der Waals surface area contributed by atoms with Crippen LogP contribution in [0.4, 0.5) is 9.18 Å². The highest BCUT2D eigenvalue weighted by atomic mass is 19.1. The number of carbonyl (C=O) groups excluding carboxylic acids is 2. The van der Waals surface area contributed by atoms with Gasteiger partial charge in [0, 0.05) is 12.0 Å². The van der Waals surface area contributed by atoms with E-state index in [1.54, 1.807) is 0 Å². The molecular weight excluding hydrogens is 271 g/mol. The van der Waals surface area contributed by atoms with Crippen LogP contribution < -0.4 is 15.4 Å². The summed E-state index contributed by atoms with van der Waals surface area (Å²) in [6, 6.07) is 2.62. The molecule has 0 aromatic heterocycles. The summed E-state index contributed by atoms with van der Waals surface area (Å²) in [7, 11) is 0. The number of imide groups is 1. The molecule has 3 N–H and O–H groups in total. The number of carboxylic acid groups (broad SMARTS) is 1. The van der Waals surface area contributed by atoms with Gasteiger partial charge in [-0.2, -0.15) is 0 Å². The molecule has 1 aromatic carbocycles. The van der Waals surface area contributed by atoms with E-state index in [-0.39, 0.29) is 17.7 Å². The van der Waals surface area contributed by atoms with Crippen molar-refractivity contribution in [3.8, 4) is 5.75 Å². The zero-order valence-corrected chi connectivity index (χ0v) is 9.97. The number of nitrogens with one attached hydrogen (secondary N) is 2. The molecule has 3 rings (SSSR count). The van der Waals surface area contributed by atoms with Gasteiger partial charge in [0.1, 0.15) is 11.6 Å². The maximum absolute atomic E-state index is 13.4. The molecule has 1 fully saturated rings. The number of rotatable bonds is 1. The molecule has 2 aliphatic heterocycles. The smallest absolute Gasteiger partial charge is 0.345 e. The van der Waals surface area contributed by atoms with Crippen LogP contribution in [-0.4, -0.2) is 29.1 Å². The molecular formula is C12H9FN2O5. The fourth-order valence-electron chi connectivity index (χ4n) is 2.48. The Labute approximate surface area is 111 Å². The third-order valence-electron chi connectivity index (χ3n) is 3.38. The minimum absolute atomic E-state index is 0.0578. The van der Waals surface area contributed by atoms with Crippen LogP contribution in [0.3, 0.4) is 0 Å². The van der Waals surface area contributed by atoms with Crippen LogP contribution in [0, 0.1) is 5.82 Å². The lowest BCUT2D eigenvalue weighted by Crippen LogP contribution is -2.52. The van der Waals surface area contributed by atoms with Crippen LogP contribution in [0.25, 0.3) is 0 Å². The Bertz CT molecular complexity index is 647. The van der Waals surface area contributed by atoms with E-state index in [1.165, 1.54) is 6.07 Å². The summed E-state index contributed by atoms with van der Waals surface area (Å²) < 4.78 is 18.6. The average Bonchev–Trinajstić information content (AvgIpc) is 2.65. The van der Waals surface area contributed by atoms with E-state index in [9.17, 15) is 18.8 Å². The Kier molecular flexibility index (Phi) is 2.43. The molecule has 2 heterocycles. The van der Waals surface area contributed by atoms with Crippen LogP contribution in [0.1, 0.15) is 12.0 Å². The lowest BCUT2D eigenvalue weighted by atomic mass is 9.82. The van der Waals surface area contributed by atoms with Crippen molar-refractivity contribution in [2.45, 2.75) is 18.1 Å². The maximum Gasteiger partial charge on any atom is 0.345 e. The van der Waals surface area contributed by atoms with Gasteiger partial charge in [0.25, 0.3) is 5.91 Å². The van der Waals surface area contributed by atoms with Crippen molar-refractivity contribution in [3.63, 3.8) is 0 Å². The molecule has 0 unspecified atom stereocenters. The highest BCUT2D eigenvalue weighted by Gasteiger charge is 2.54. The second-order valence-electron chi connectivity index (χ2n) is 4.60. The maximum atomic E-state index is 13.4. The van der Waals surface area contributed by atoms with Gasteiger partial charge in [-0.15, -0.1) is 0 Å². The normalized spacial score (nSPS) is 27.6. The summed E-state index contributed by atoms with van der Waals surface area (Å²) in [5, 5.41) is 13.5. The number of hydrogen-bond donors (Lipinski definition) is 3. The summed E-state index contributed by atoms with van der Waals surface area (Å²) in [4.78, 5) is 34.5. The third-order valence-corrected chi connectivity index (χ3v) is 3.38. The number of aliphatic carboxylic acids is 1. The fourth-order valence-corrected chi connectivity index (χ4v) is 2.48. The van der Waals surface area contributed by atoms with Crippen LogP contribution >= 0.6 is 0 Å². The van der Waals surface area contributed by atoms with Gasteiger partial charge in [-0.1, -0.05) is 0 Å². The summed E-state index contributed by atoms with van der Waals surface area (Å²) in [5.41, 5.74) is -1.51. The Morgan fingerprint density at radius 1 is 1.45 bits per heavy atom. The van der Waals surface area contributed by atoms with E-state index >= 15 is 0 Å². The highest BCUT2D eigenvalue weighted by Crippen LogP contribution is 2.41. The summed E-state index contributed by atoms with van der Waals surface area (Å²) in [5.74, 6) is -2.55. The predicted octanol–water partition coefficient (Wildman–Crippen LogP) is 0.0961. The largest absolute Gasteiger partial charge is 0.479 e. The summed E-state index contributed by atoms with van der Waals surface area (Å²) in [6.45, 7) is 0. The van der Waals surface area contributed by atoms with E-state index in [0.29, 0.717) is 0 Å². The predicted molar refractivity (Wildman–Crippen MR) is 61.4 cm³/mol. The van der Waals surface area contributed by atoms with Gasteiger partial charge in [0.15, 0.2) is 11.6 Å². The number of ether oxygens (including phenoxy) is 1. The fraction of sp³-hybridized carbons (Fsp3) is 0.250. The van der Waals surface area contributed by atoms with Crippen molar-refractivity contribution < 1.29 is 28.6 Å². The first-order valence-corrected chi connectivity index (χ1v) is 5.75. The molecule has 0 aliphatic carbocycles. The molecule has 1 spiro atoms. The number of urea groups is 1. The van der Waals surface area contributed by atoms with Gasteiger partial charge in [-0.3, -0.25) is 10.1 Å². The van der Waals surface area contributed by atoms with Gasteiger partial charge < -0.3 is 15.2 Å². The minimum atomic E-state index is -1.62. The zero-order chi connectivity index (χ0) is 14.5. The third kappa shape index (κ3) is 1.61. The Morgan fingerprint density at radius 3 is 2.80 bits per heavy atom. The van der Waals surface area contributed by atoms with E-state index in [2.05, 4.69) is 5.32 Å². The standard InChI is InChI=1S/C12H9FN2O5/c13-5-1-2-7-6(3-5)12(4-8(20-7)9(16)17)10(18)14-11(19)15-12/h1-3,8H,4H2,(H,16,17)(H2,14,15,18,19)/t8-,12-/m0/s1. The van der Waals surface area contributed by atoms with Crippen molar-refractivity contribution in [3.05, 3.63) is 29.6 Å². The van der Waals surface area contributed by atoms with Crippen LogP contribution in [0.15, 0.2) is 18.2 Å². The molecule has 104 valence electrons. The lowest BCUT2D eigenvalue weighted by Gasteiger charge is -2.35. The van der Waals surface area contributed by atoms with Crippen LogP contribution in [0.5, 0.6) is 5.75 Å². The molecule has 1 aromatic rings. The molecule has 0 saturated carbocycles. The number of halogens is 1. The van der Waals surface area contributed by atoms with E-state index < -0.39 is 35.4 Å². The first kappa shape index (κ1) is 12.4. The molecule has 20 heavy (non-hydrogen) atoms. The SMILES string of the molecule is O=C1NC(=O)[C@@]2(C[C@@H](C(=O)O)Oc3ccc(F)cc32)N1. The molecule has 3 amide bonds. The Balaban J connectivity index is 2.18. The number of fused-ring (bicyclic) bond motifs is 2. The van der Waals surface area contributed by atoms with E-state index in [4.69, 9.17) is 9.84 Å². The van der Waals surface area contributed by atoms with Gasteiger partial charge >= 0.3 is 12.0 Å². The minimum Gasteiger partial charge on any atom is -0.479 e. The highest BCUT2D eigenvalue weighted by molar-refractivity contribution is 6.08. The molecule has 0 bridgehead atoms. The second-order valence-corrected chi connectivity index (χ2v) is 4.60. The quantitative estimate of drug-likeness (QED) is 0.633. The van der Waals surface area contributed by atoms with Gasteiger partial charge in [0.2, 0.25) is 0 Å². The summed E-state index contributed by atoms with van der Waals surface area (Å²) in [6.07, 6.45) is -1.62. The van der Waals surface area contributed by atoms with Crippen molar-refractivity contribution in [1.82, 2.24) is 10.6 Å². The van der Waals surface area contributed by atoms with Crippen molar-refractivity contribution >= 4 is 17.9 Å². The van der Waals surface area contributed by atoms with Crippen molar-refractivity contribution in [2.75, 3.05) is 0 Å². The first-order valence-electron chi connectivity index (χ1n) is 5.75. The monoisotopic (exact) mass is 280 g/mol.